The van der Waals surface area contributed by atoms with E-state index in [9.17, 15) is 4.79 Å². The number of halogens is 1. The van der Waals surface area contributed by atoms with Crippen LogP contribution in [0.25, 0.3) is 10.1 Å². The van der Waals surface area contributed by atoms with Crippen molar-refractivity contribution in [1.82, 2.24) is 4.98 Å². The molecular formula is C17H15ClN2OS. The Balaban J connectivity index is 2.13. The minimum Gasteiger partial charge on any atom is -0.318 e. The molecule has 0 spiro atoms. The lowest BCUT2D eigenvalue weighted by atomic mass is 10.2. The lowest BCUT2D eigenvalue weighted by Crippen LogP contribution is -2.19. The molecule has 5 heteroatoms. The largest absolute Gasteiger partial charge is 0.318 e. The molecule has 0 radical (unpaired) electrons. The minimum atomic E-state index is -0.181. The summed E-state index contributed by atoms with van der Waals surface area (Å²) >= 11 is 7.47. The molecule has 112 valence electrons. The van der Waals surface area contributed by atoms with Gasteiger partial charge in [-0.25, -0.2) is 0 Å². The normalized spacial score (nSPS) is 10.9. The van der Waals surface area contributed by atoms with Crippen LogP contribution >= 0.6 is 22.9 Å². The smallest absolute Gasteiger partial charge is 0.281 e. The van der Waals surface area contributed by atoms with Crippen molar-refractivity contribution < 1.29 is 0 Å². The number of hydrogen-bond acceptors (Lipinski definition) is 4. The van der Waals surface area contributed by atoms with Gasteiger partial charge >= 0.3 is 0 Å². The van der Waals surface area contributed by atoms with E-state index in [-0.39, 0.29) is 5.56 Å². The van der Waals surface area contributed by atoms with Gasteiger partial charge in [0.25, 0.3) is 5.56 Å². The second-order valence-corrected chi connectivity index (χ2v) is 6.47. The summed E-state index contributed by atoms with van der Waals surface area (Å²) in [4.78, 5) is 18.6. The Bertz CT molecular complexity index is 874. The highest BCUT2D eigenvalue weighted by molar-refractivity contribution is 7.21. The van der Waals surface area contributed by atoms with Crippen LogP contribution in [0.2, 0.25) is 5.02 Å². The van der Waals surface area contributed by atoms with Crippen LogP contribution in [0.5, 0.6) is 0 Å². The van der Waals surface area contributed by atoms with Gasteiger partial charge in [0.2, 0.25) is 0 Å². The molecule has 0 saturated carbocycles. The van der Waals surface area contributed by atoms with E-state index in [0.717, 1.165) is 22.5 Å². The average molecular weight is 331 g/mol. The van der Waals surface area contributed by atoms with E-state index in [1.54, 1.807) is 0 Å². The molecule has 0 atom stereocenters. The average Bonchev–Trinajstić information content (AvgIpc) is 2.51. The number of nitrogens with zero attached hydrogens (tertiary/aromatic N) is 2. The second-order valence-electron chi connectivity index (χ2n) is 5.02. The van der Waals surface area contributed by atoms with E-state index in [1.165, 1.54) is 11.3 Å². The van der Waals surface area contributed by atoms with Crippen LogP contribution in [0, 0.1) is 6.92 Å². The molecule has 0 amide bonds. The predicted molar refractivity (Wildman–Crippen MR) is 94.8 cm³/mol. The van der Waals surface area contributed by atoms with Crippen LogP contribution in [-0.2, 0) is 0 Å². The maximum absolute atomic E-state index is 12.3. The standard InChI is InChI=1S/C17H15ClN2OS/c1-3-20(13-7-5-12(18)6-8-13)17-19-16(21)14-10-11(2)4-9-15(14)22-17/h4-10H,3H2,1-2H3. The predicted octanol–water partition coefficient (Wildman–Crippen LogP) is 4.78. The molecule has 0 bridgehead atoms. The third-order valence-electron chi connectivity index (χ3n) is 3.45. The summed E-state index contributed by atoms with van der Waals surface area (Å²) in [6.45, 7) is 4.73. The van der Waals surface area contributed by atoms with Gasteiger partial charge in [0.05, 0.1) is 5.39 Å². The Labute approximate surface area is 137 Å². The topological polar surface area (TPSA) is 33.2 Å². The van der Waals surface area contributed by atoms with Crippen molar-refractivity contribution in [2.24, 2.45) is 0 Å². The zero-order valence-corrected chi connectivity index (χ0v) is 13.9. The van der Waals surface area contributed by atoms with Crippen molar-refractivity contribution in [2.45, 2.75) is 13.8 Å². The number of hydrogen-bond donors (Lipinski definition) is 0. The van der Waals surface area contributed by atoms with E-state index in [4.69, 9.17) is 11.6 Å². The van der Waals surface area contributed by atoms with Gasteiger partial charge in [-0.2, -0.15) is 4.98 Å². The molecule has 0 aliphatic heterocycles. The summed E-state index contributed by atoms with van der Waals surface area (Å²) in [6.07, 6.45) is 0. The van der Waals surface area contributed by atoms with Gasteiger partial charge in [-0.05, 0) is 50.2 Å². The summed E-state index contributed by atoms with van der Waals surface area (Å²) in [5.41, 5.74) is 1.86. The summed E-state index contributed by atoms with van der Waals surface area (Å²) in [6, 6.07) is 13.4. The molecule has 0 aliphatic carbocycles. The summed E-state index contributed by atoms with van der Waals surface area (Å²) in [5.74, 6) is 0. The highest BCUT2D eigenvalue weighted by Gasteiger charge is 2.12. The molecule has 3 nitrogen and oxygen atoms in total. The Kier molecular flexibility index (Phi) is 4.14. The number of aryl methyl sites for hydroxylation is 1. The maximum Gasteiger partial charge on any atom is 0.281 e. The fourth-order valence-electron chi connectivity index (χ4n) is 2.33. The number of anilines is 2. The Morgan fingerprint density at radius 2 is 1.91 bits per heavy atom. The first-order chi connectivity index (χ1) is 10.6. The number of fused-ring (bicyclic) bond motifs is 1. The minimum absolute atomic E-state index is 0.181. The Morgan fingerprint density at radius 1 is 1.18 bits per heavy atom. The second kappa shape index (κ2) is 6.07. The zero-order valence-electron chi connectivity index (χ0n) is 12.3. The molecule has 0 saturated heterocycles. The SMILES string of the molecule is CCN(c1ccc(Cl)cc1)c1nc(=O)c2cc(C)ccc2s1. The van der Waals surface area contributed by atoms with Crippen LogP contribution < -0.4 is 10.5 Å². The first kappa shape index (κ1) is 15.0. The van der Waals surface area contributed by atoms with Crippen LogP contribution in [0.1, 0.15) is 12.5 Å². The number of rotatable bonds is 3. The van der Waals surface area contributed by atoms with Crippen LogP contribution in [0.15, 0.2) is 47.3 Å². The first-order valence-electron chi connectivity index (χ1n) is 7.03. The van der Waals surface area contributed by atoms with Crippen molar-refractivity contribution in [3.05, 3.63) is 63.4 Å². The highest BCUT2D eigenvalue weighted by atomic mass is 35.5. The van der Waals surface area contributed by atoms with Crippen molar-refractivity contribution in [3.63, 3.8) is 0 Å². The lowest BCUT2D eigenvalue weighted by molar-refractivity contribution is 1.00. The molecular weight excluding hydrogens is 316 g/mol. The molecule has 0 fully saturated rings. The maximum atomic E-state index is 12.3. The van der Waals surface area contributed by atoms with Crippen molar-refractivity contribution in [2.75, 3.05) is 11.4 Å². The molecule has 1 aromatic heterocycles. The van der Waals surface area contributed by atoms with Crippen LogP contribution in [0.4, 0.5) is 10.8 Å². The lowest BCUT2D eigenvalue weighted by Gasteiger charge is -2.21. The van der Waals surface area contributed by atoms with Gasteiger partial charge in [0.1, 0.15) is 0 Å². The van der Waals surface area contributed by atoms with E-state index in [0.29, 0.717) is 15.5 Å². The van der Waals surface area contributed by atoms with Crippen molar-refractivity contribution in [3.8, 4) is 0 Å². The summed E-state index contributed by atoms with van der Waals surface area (Å²) < 4.78 is 0.952. The fourth-order valence-corrected chi connectivity index (χ4v) is 3.52. The molecule has 0 aliphatic rings. The third-order valence-corrected chi connectivity index (χ3v) is 4.77. The molecule has 0 unspecified atom stereocenters. The van der Waals surface area contributed by atoms with Crippen molar-refractivity contribution in [1.29, 1.82) is 0 Å². The van der Waals surface area contributed by atoms with E-state index >= 15 is 0 Å². The van der Waals surface area contributed by atoms with Gasteiger partial charge < -0.3 is 4.90 Å². The molecule has 2 aromatic carbocycles. The fraction of sp³-hybridized carbons (Fsp3) is 0.176. The van der Waals surface area contributed by atoms with Gasteiger partial charge in [0.15, 0.2) is 5.13 Å². The molecule has 1 heterocycles. The molecule has 22 heavy (non-hydrogen) atoms. The van der Waals surface area contributed by atoms with E-state index < -0.39 is 0 Å². The number of benzene rings is 2. The Morgan fingerprint density at radius 3 is 2.59 bits per heavy atom. The number of aromatic nitrogens is 1. The van der Waals surface area contributed by atoms with E-state index in [1.807, 2.05) is 61.2 Å². The van der Waals surface area contributed by atoms with Crippen molar-refractivity contribution >= 4 is 43.8 Å². The molecule has 3 rings (SSSR count). The van der Waals surface area contributed by atoms with Gasteiger partial charge in [-0.1, -0.05) is 34.6 Å². The summed E-state index contributed by atoms with van der Waals surface area (Å²) in [7, 11) is 0. The highest BCUT2D eigenvalue weighted by Crippen LogP contribution is 2.30. The van der Waals surface area contributed by atoms with Gasteiger partial charge in [-0.3, -0.25) is 4.79 Å². The summed E-state index contributed by atoms with van der Waals surface area (Å²) in [5, 5.41) is 2.07. The van der Waals surface area contributed by atoms with Crippen LogP contribution in [0.3, 0.4) is 0 Å². The molecule has 0 N–H and O–H groups in total. The van der Waals surface area contributed by atoms with Gasteiger partial charge in [0, 0.05) is 22.0 Å². The Hall–Kier alpha value is -1.91. The zero-order chi connectivity index (χ0) is 15.7. The quantitative estimate of drug-likeness (QED) is 0.693. The monoisotopic (exact) mass is 330 g/mol. The first-order valence-corrected chi connectivity index (χ1v) is 8.22. The molecule has 3 aromatic rings. The van der Waals surface area contributed by atoms with E-state index in [2.05, 4.69) is 4.98 Å². The van der Waals surface area contributed by atoms with Crippen LogP contribution in [-0.4, -0.2) is 11.5 Å². The van der Waals surface area contributed by atoms with Gasteiger partial charge in [-0.15, -0.1) is 0 Å². The third kappa shape index (κ3) is 2.85.